The van der Waals surface area contributed by atoms with Gasteiger partial charge in [-0.2, -0.15) is 0 Å². The van der Waals surface area contributed by atoms with E-state index in [-0.39, 0.29) is 11.9 Å². The maximum Gasteiger partial charge on any atom is 0.228 e. The summed E-state index contributed by atoms with van der Waals surface area (Å²) in [6.45, 7) is 1.92. The first-order chi connectivity index (χ1) is 10.1. The molecule has 0 spiro atoms. The Balaban J connectivity index is 1.94. The molecule has 3 nitrogen and oxygen atoms in total. The van der Waals surface area contributed by atoms with Crippen molar-refractivity contribution in [3.8, 4) is 0 Å². The van der Waals surface area contributed by atoms with Crippen molar-refractivity contribution in [3.63, 3.8) is 0 Å². The van der Waals surface area contributed by atoms with Crippen LogP contribution in [0.1, 0.15) is 28.3 Å². The van der Waals surface area contributed by atoms with Crippen molar-refractivity contribution in [1.82, 2.24) is 0 Å². The molecule has 0 aliphatic carbocycles. The standard InChI is InChI=1S/C17H17ClN2O/c1-10-16(18)13(8-12-9-15(21)20-17(10)12)14(19)7-11-5-3-2-4-6-11/h2-6,8,14H,7,9,19H2,1H3,(H,20,21). The summed E-state index contributed by atoms with van der Waals surface area (Å²) >= 11 is 6.45. The van der Waals surface area contributed by atoms with E-state index in [1.807, 2.05) is 31.2 Å². The minimum atomic E-state index is -0.181. The molecule has 0 fully saturated rings. The number of fused-ring (bicyclic) bond motifs is 1. The van der Waals surface area contributed by atoms with Crippen LogP contribution in [0, 0.1) is 6.92 Å². The molecule has 0 saturated heterocycles. The Labute approximate surface area is 129 Å². The Morgan fingerprint density at radius 2 is 2.05 bits per heavy atom. The zero-order valence-electron chi connectivity index (χ0n) is 11.8. The monoisotopic (exact) mass is 300 g/mol. The molecule has 0 radical (unpaired) electrons. The van der Waals surface area contributed by atoms with Crippen LogP contribution in [0.25, 0.3) is 0 Å². The Kier molecular flexibility index (Phi) is 3.70. The number of rotatable bonds is 3. The Hall–Kier alpha value is -1.84. The summed E-state index contributed by atoms with van der Waals surface area (Å²) in [7, 11) is 0. The summed E-state index contributed by atoms with van der Waals surface area (Å²) in [5.74, 6) is 0.0120. The fourth-order valence-corrected chi connectivity index (χ4v) is 3.10. The first kappa shape index (κ1) is 14.1. The van der Waals surface area contributed by atoms with Crippen molar-refractivity contribution >= 4 is 23.2 Å². The number of carbonyl (C=O) groups excluding carboxylic acids is 1. The van der Waals surface area contributed by atoms with Gasteiger partial charge >= 0.3 is 0 Å². The van der Waals surface area contributed by atoms with Gasteiger partial charge in [0.15, 0.2) is 0 Å². The van der Waals surface area contributed by atoms with Crippen LogP contribution >= 0.6 is 11.6 Å². The first-order valence-electron chi connectivity index (χ1n) is 6.97. The molecule has 0 aromatic heterocycles. The number of halogens is 1. The predicted molar refractivity (Wildman–Crippen MR) is 85.6 cm³/mol. The van der Waals surface area contributed by atoms with Gasteiger partial charge in [-0.15, -0.1) is 0 Å². The predicted octanol–water partition coefficient (Wildman–Crippen LogP) is 3.39. The number of nitrogens with two attached hydrogens (primary N) is 1. The molecule has 1 amide bonds. The number of nitrogens with one attached hydrogen (secondary N) is 1. The Bertz CT molecular complexity index is 698. The molecule has 3 rings (SSSR count). The molecule has 4 heteroatoms. The van der Waals surface area contributed by atoms with Crippen LogP contribution in [0.5, 0.6) is 0 Å². The summed E-state index contributed by atoms with van der Waals surface area (Å²) < 4.78 is 0. The van der Waals surface area contributed by atoms with Crippen molar-refractivity contribution in [2.45, 2.75) is 25.8 Å². The van der Waals surface area contributed by atoms with Gasteiger partial charge in [-0.1, -0.05) is 48.0 Å². The second kappa shape index (κ2) is 5.51. The molecular weight excluding hydrogens is 284 g/mol. The third-order valence-electron chi connectivity index (χ3n) is 3.92. The van der Waals surface area contributed by atoms with Crippen LogP contribution in [-0.4, -0.2) is 5.91 Å². The molecule has 1 aliphatic rings. The topological polar surface area (TPSA) is 55.1 Å². The van der Waals surface area contributed by atoms with Gasteiger partial charge in [0.1, 0.15) is 0 Å². The van der Waals surface area contributed by atoms with Crippen LogP contribution in [-0.2, 0) is 17.6 Å². The summed E-state index contributed by atoms with van der Waals surface area (Å²) in [6, 6.07) is 11.9. The highest BCUT2D eigenvalue weighted by Crippen LogP contribution is 2.37. The fourth-order valence-electron chi connectivity index (χ4n) is 2.81. The van der Waals surface area contributed by atoms with Crippen LogP contribution in [0.2, 0.25) is 5.02 Å². The molecule has 3 N–H and O–H groups in total. The quantitative estimate of drug-likeness (QED) is 0.913. The van der Waals surface area contributed by atoms with Gasteiger partial charge in [-0.05, 0) is 35.6 Å². The van der Waals surface area contributed by atoms with E-state index < -0.39 is 0 Å². The number of benzene rings is 2. The zero-order valence-corrected chi connectivity index (χ0v) is 12.6. The van der Waals surface area contributed by atoms with Crippen LogP contribution in [0.15, 0.2) is 36.4 Å². The average molecular weight is 301 g/mol. The minimum absolute atomic E-state index is 0.0120. The molecular formula is C17H17ClN2O. The lowest BCUT2D eigenvalue weighted by molar-refractivity contribution is -0.115. The van der Waals surface area contributed by atoms with Crippen LogP contribution in [0.3, 0.4) is 0 Å². The third-order valence-corrected chi connectivity index (χ3v) is 4.42. The molecule has 108 valence electrons. The van der Waals surface area contributed by atoms with Gasteiger partial charge in [0.05, 0.1) is 11.4 Å². The van der Waals surface area contributed by atoms with E-state index in [0.29, 0.717) is 11.4 Å². The van der Waals surface area contributed by atoms with Gasteiger partial charge in [-0.25, -0.2) is 0 Å². The molecule has 2 aromatic rings. The summed E-state index contributed by atoms with van der Waals surface area (Å²) in [5, 5.41) is 3.51. The highest BCUT2D eigenvalue weighted by molar-refractivity contribution is 6.33. The van der Waals surface area contributed by atoms with Crippen molar-refractivity contribution in [1.29, 1.82) is 0 Å². The summed E-state index contributed by atoms with van der Waals surface area (Å²) in [6.07, 6.45) is 1.12. The normalized spacial score (nSPS) is 14.7. The molecule has 1 aliphatic heterocycles. The average Bonchev–Trinajstić information content (AvgIpc) is 2.85. The number of hydrogen-bond acceptors (Lipinski definition) is 2. The van der Waals surface area contributed by atoms with Crippen molar-refractivity contribution in [2.24, 2.45) is 5.73 Å². The Morgan fingerprint density at radius 3 is 2.76 bits per heavy atom. The largest absolute Gasteiger partial charge is 0.325 e. The van der Waals surface area contributed by atoms with Gasteiger partial charge in [0, 0.05) is 11.7 Å². The van der Waals surface area contributed by atoms with E-state index in [9.17, 15) is 4.79 Å². The first-order valence-corrected chi connectivity index (χ1v) is 7.35. The van der Waals surface area contributed by atoms with E-state index in [1.165, 1.54) is 5.56 Å². The van der Waals surface area contributed by atoms with E-state index in [2.05, 4.69) is 17.4 Å². The molecule has 0 saturated carbocycles. The van der Waals surface area contributed by atoms with Gasteiger partial charge < -0.3 is 11.1 Å². The van der Waals surface area contributed by atoms with E-state index in [0.717, 1.165) is 28.8 Å². The highest BCUT2D eigenvalue weighted by atomic mass is 35.5. The number of hydrogen-bond donors (Lipinski definition) is 2. The fraction of sp³-hybridized carbons (Fsp3) is 0.235. The lowest BCUT2D eigenvalue weighted by atomic mass is 9.95. The lowest BCUT2D eigenvalue weighted by Crippen LogP contribution is -2.14. The maximum atomic E-state index is 11.6. The van der Waals surface area contributed by atoms with Crippen LogP contribution < -0.4 is 11.1 Å². The number of anilines is 1. The lowest BCUT2D eigenvalue weighted by Gasteiger charge is -2.17. The third kappa shape index (κ3) is 2.67. The Morgan fingerprint density at radius 1 is 1.33 bits per heavy atom. The smallest absolute Gasteiger partial charge is 0.228 e. The SMILES string of the molecule is Cc1c(Cl)c(C(N)Cc2ccccc2)cc2c1NC(=O)C2. The highest BCUT2D eigenvalue weighted by Gasteiger charge is 2.24. The van der Waals surface area contributed by atoms with Crippen molar-refractivity contribution in [3.05, 3.63) is 63.7 Å². The minimum Gasteiger partial charge on any atom is -0.325 e. The van der Waals surface area contributed by atoms with E-state index in [4.69, 9.17) is 17.3 Å². The molecule has 1 heterocycles. The molecule has 2 aromatic carbocycles. The number of carbonyl (C=O) groups is 1. The second-order valence-corrected chi connectivity index (χ2v) is 5.84. The maximum absolute atomic E-state index is 11.6. The van der Waals surface area contributed by atoms with E-state index in [1.54, 1.807) is 0 Å². The summed E-state index contributed by atoms with van der Waals surface area (Å²) in [4.78, 5) is 11.6. The van der Waals surface area contributed by atoms with Gasteiger partial charge in [-0.3, -0.25) is 4.79 Å². The van der Waals surface area contributed by atoms with Crippen molar-refractivity contribution in [2.75, 3.05) is 5.32 Å². The van der Waals surface area contributed by atoms with Crippen LogP contribution in [0.4, 0.5) is 5.69 Å². The number of amides is 1. The molecule has 1 atom stereocenters. The van der Waals surface area contributed by atoms with Crippen molar-refractivity contribution < 1.29 is 4.79 Å². The second-order valence-electron chi connectivity index (χ2n) is 5.46. The molecule has 21 heavy (non-hydrogen) atoms. The van der Waals surface area contributed by atoms with Gasteiger partial charge in [0.2, 0.25) is 5.91 Å². The van der Waals surface area contributed by atoms with E-state index >= 15 is 0 Å². The molecule has 0 bridgehead atoms. The summed E-state index contributed by atoms with van der Waals surface area (Å²) in [5.41, 5.74) is 11.2. The molecule has 1 unspecified atom stereocenters. The van der Waals surface area contributed by atoms with Gasteiger partial charge in [0.25, 0.3) is 0 Å². The zero-order chi connectivity index (χ0) is 15.0.